The number of aromatic hydroxyl groups is 1. The summed E-state index contributed by atoms with van der Waals surface area (Å²) in [6, 6.07) is 19.6. The largest absolute Gasteiger partial charge is 0.504 e. The lowest BCUT2D eigenvalue weighted by molar-refractivity contribution is -0.139. The molecule has 7 rings (SSSR count). The zero-order valence-electron chi connectivity index (χ0n) is 17.6. The monoisotopic (exact) mass is 550 g/mol. The van der Waals surface area contributed by atoms with Gasteiger partial charge < -0.3 is 9.84 Å². The van der Waals surface area contributed by atoms with Gasteiger partial charge in [-0.3, -0.25) is 9.59 Å². The fourth-order valence-electron chi connectivity index (χ4n) is 5.72. The number of imide groups is 1. The van der Waals surface area contributed by atoms with E-state index in [0.717, 1.165) is 27.3 Å². The second kappa shape index (κ2) is 7.41. The highest BCUT2D eigenvalue weighted by Crippen LogP contribution is 2.60. The van der Waals surface area contributed by atoms with Crippen LogP contribution in [0, 0.1) is 15.4 Å². The van der Waals surface area contributed by atoms with Crippen molar-refractivity contribution >= 4 is 40.6 Å². The van der Waals surface area contributed by atoms with Crippen molar-refractivity contribution in [3.63, 3.8) is 0 Å². The second-order valence-electron chi connectivity index (χ2n) is 8.55. The van der Waals surface area contributed by atoms with E-state index in [1.54, 1.807) is 12.1 Å². The maximum Gasteiger partial charge on any atom is 0.254 e. The number of carbonyl (C=O) groups excluding carboxylic acids is 2. The van der Waals surface area contributed by atoms with Crippen molar-refractivity contribution in [1.29, 1.82) is 0 Å². The van der Waals surface area contributed by atoms with E-state index in [9.17, 15) is 14.7 Å². The number of amides is 2. The van der Waals surface area contributed by atoms with E-state index in [4.69, 9.17) is 4.74 Å². The van der Waals surface area contributed by atoms with Gasteiger partial charge in [-0.15, -0.1) is 0 Å². The predicted molar refractivity (Wildman–Crippen MR) is 130 cm³/mol. The van der Waals surface area contributed by atoms with Gasteiger partial charge in [0, 0.05) is 11.8 Å². The minimum absolute atomic E-state index is 0.0432. The average molecular weight is 550 g/mol. The molecule has 3 aromatic rings. The first-order chi connectivity index (χ1) is 16.0. The van der Waals surface area contributed by atoms with Gasteiger partial charge in [0.25, 0.3) is 11.8 Å². The van der Waals surface area contributed by atoms with Crippen LogP contribution in [0.15, 0.2) is 65.8 Å². The van der Waals surface area contributed by atoms with Crippen LogP contribution in [-0.2, 0) is 9.59 Å². The highest BCUT2D eigenvalue weighted by atomic mass is 127. The van der Waals surface area contributed by atoms with Crippen molar-refractivity contribution in [3.8, 4) is 11.5 Å². The summed E-state index contributed by atoms with van der Waals surface area (Å²) in [7, 11) is 1.47. The fraction of sp³-hybridized carbons (Fsp3) is 0.192. The predicted octanol–water partition coefficient (Wildman–Crippen LogP) is 4.23. The molecule has 3 aromatic carbocycles. The van der Waals surface area contributed by atoms with E-state index in [2.05, 4.69) is 29.4 Å². The molecule has 0 radical (unpaired) electrons. The molecular formula is C26H19IN2O4. The van der Waals surface area contributed by atoms with Gasteiger partial charge >= 0.3 is 0 Å². The number of carbonyl (C=O) groups is 2. The molecule has 6 nitrogen and oxygen atoms in total. The first-order valence-electron chi connectivity index (χ1n) is 10.7. The SMILES string of the molecule is COc1cc(/C=N\N2C(=O)[C@H]3C4c5ccccc5C(c5ccccc54)[C@@H]3C2=O)cc(I)c1O. The number of hydrazone groups is 1. The van der Waals surface area contributed by atoms with Crippen LogP contribution in [-0.4, -0.2) is 35.3 Å². The lowest BCUT2D eigenvalue weighted by atomic mass is 9.55. The Bertz CT molecular complexity index is 1250. The molecule has 1 fully saturated rings. The molecule has 0 saturated carbocycles. The summed E-state index contributed by atoms with van der Waals surface area (Å²) in [4.78, 5) is 27.1. The van der Waals surface area contributed by atoms with Crippen LogP contribution in [0.3, 0.4) is 0 Å². The average Bonchev–Trinajstić information content (AvgIpc) is 3.09. The Labute approximate surface area is 204 Å². The zero-order valence-corrected chi connectivity index (χ0v) is 19.8. The Hall–Kier alpha value is -3.20. The van der Waals surface area contributed by atoms with Crippen molar-refractivity contribution < 1.29 is 19.4 Å². The molecule has 2 amide bonds. The molecule has 2 bridgehead atoms. The first kappa shape index (κ1) is 20.4. The Balaban J connectivity index is 1.42. The summed E-state index contributed by atoms with van der Waals surface area (Å²) in [5.41, 5.74) is 5.15. The maximum atomic E-state index is 13.6. The lowest BCUT2D eigenvalue weighted by Crippen LogP contribution is -2.41. The number of methoxy groups -OCH3 is 1. The Morgan fingerprint density at radius 2 is 1.39 bits per heavy atom. The zero-order chi connectivity index (χ0) is 22.9. The number of halogens is 1. The minimum Gasteiger partial charge on any atom is -0.504 e. The van der Waals surface area contributed by atoms with Crippen molar-refractivity contribution in [2.75, 3.05) is 7.11 Å². The first-order valence-corrected chi connectivity index (χ1v) is 11.7. The third-order valence-electron chi connectivity index (χ3n) is 7.02. The Morgan fingerprint density at radius 3 is 1.85 bits per heavy atom. The van der Waals surface area contributed by atoms with Crippen LogP contribution in [0.2, 0.25) is 0 Å². The van der Waals surface area contributed by atoms with Crippen molar-refractivity contribution in [1.82, 2.24) is 5.01 Å². The van der Waals surface area contributed by atoms with Crippen LogP contribution in [0.4, 0.5) is 0 Å². The molecule has 1 saturated heterocycles. The highest BCUT2D eigenvalue weighted by Gasteiger charge is 2.61. The van der Waals surface area contributed by atoms with Crippen LogP contribution in [0.5, 0.6) is 11.5 Å². The van der Waals surface area contributed by atoms with Gasteiger partial charge in [0.15, 0.2) is 11.5 Å². The third kappa shape index (κ3) is 2.81. The summed E-state index contributed by atoms with van der Waals surface area (Å²) in [6.45, 7) is 0. The van der Waals surface area contributed by atoms with E-state index in [1.807, 2.05) is 46.9 Å². The second-order valence-corrected chi connectivity index (χ2v) is 9.71. The van der Waals surface area contributed by atoms with Crippen molar-refractivity contribution in [2.45, 2.75) is 11.8 Å². The van der Waals surface area contributed by atoms with Crippen LogP contribution in [0.1, 0.15) is 39.7 Å². The maximum absolute atomic E-state index is 13.6. The molecule has 2 atom stereocenters. The topological polar surface area (TPSA) is 79.2 Å². The Kier molecular flexibility index (Phi) is 4.58. The number of phenolic OH excluding ortho intramolecular Hbond substituents is 1. The highest BCUT2D eigenvalue weighted by molar-refractivity contribution is 14.1. The summed E-state index contributed by atoms with van der Waals surface area (Å²) in [6.07, 6.45) is 1.47. The molecule has 33 heavy (non-hydrogen) atoms. The van der Waals surface area contributed by atoms with Gasteiger partial charge in [-0.1, -0.05) is 48.5 Å². The van der Waals surface area contributed by atoms with Crippen LogP contribution < -0.4 is 4.74 Å². The molecule has 1 aliphatic heterocycles. The van der Waals surface area contributed by atoms with Gasteiger partial charge in [-0.25, -0.2) is 0 Å². The molecule has 0 unspecified atom stereocenters. The molecular weight excluding hydrogens is 531 g/mol. The molecule has 0 spiro atoms. The standard InChI is InChI=1S/C26H19IN2O4/c1-33-19-11-13(10-18(27)24(19)30)12-28-29-25(31)22-20-14-6-2-3-7-15(14)21(23(22)26(29)32)17-9-5-4-8-16(17)20/h2-12,20-23,30H,1H3/b28-12-/t20?,21?,22-,23-/m0/s1. The van der Waals surface area contributed by atoms with Gasteiger partial charge in [0.2, 0.25) is 0 Å². The van der Waals surface area contributed by atoms with Crippen LogP contribution >= 0.6 is 22.6 Å². The van der Waals surface area contributed by atoms with Crippen molar-refractivity contribution in [3.05, 3.63) is 92.1 Å². The molecule has 3 aliphatic carbocycles. The molecule has 1 heterocycles. The smallest absolute Gasteiger partial charge is 0.254 e. The summed E-state index contributed by atoms with van der Waals surface area (Å²) in [5.74, 6) is -1.40. The molecule has 1 N–H and O–H groups in total. The number of ether oxygens (including phenoxy) is 1. The van der Waals surface area contributed by atoms with E-state index in [0.29, 0.717) is 14.9 Å². The normalized spacial score (nSPS) is 24.7. The van der Waals surface area contributed by atoms with Gasteiger partial charge in [-0.2, -0.15) is 10.1 Å². The number of phenols is 1. The summed E-state index contributed by atoms with van der Waals surface area (Å²) in [5, 5.41) is 15.4. The van der Waals surface area contributed by atoms with Gasteiger partial charge in [0.05, 0.1) is 28.7 Å². The summed E-state index contributed by atoms with van der Waals surface area (Å²) < 4.78 is 5.79. The number of rotatable bonds is 3. The molecule has 0 aromatic heterocycles. The fourth-order valence-corrected chi connectivity index (χ4v) is 6.35. The van der Waals surface area contributed by atoms with Crippen molar-refractivity contribution in [2.24, 2.45) is 16.9 Å². The van der Waals surface area contributed by atoms with E-state index >= 15 is 0 Å². The summed E-state index contributed by atoms with van der Waals surface area (Å²) >= 11 is 2.00. The minimum atomic E-state index is -0.459. The number of benzene rings is 3. The van der Waals surface area contributed by atoms with Gasteiger partial charge in [-0.05, 0) is 62.5 Å². The van der Waals surface area contributed by atoms with E-state index < -0.39 is 11.8 Å². The van der Waals surface area contributed by atoms with Gasteiger partial charge in [0.1, 0.15) is 0 Å². The Morgan fingerprint density at radius 1 is 0.909 bits per heavy atom. The molecule has 7 heteroatoms. The lowest BCUT2D eigenvalue weighted by Gasteiger charge is -2.45. The number of hydrogen-bond acceptors (Lipinski definition) is 5. The number of hydrogen-bond donors (Lipinski definition) is 1. The van der Waals surface area contributed by atoms with E-state index in [-0.39, 0.29) is 29.4 Å². The molecule has 164 valence electrons. The number of nitrogens with zero attached hydrogens (tertiary/aromatic N) is 2. The third-order valence-corrected chi connectivity index (χ3v) is 7.84. The van der Waals surface area contributed by atoms with E-state index in [1.165, 1.54) is 13.3 Å². The van der Waals surface area contributed by atoms with Crippen LogP contribution in [0.25, 0.3) is 0 Å². The quantitative estimate of drug-likeness (QED) is 0.301. The molecule has 4 aliphatic rings.